The smallest absolute Gasteiger partial charge is 0.303 e. The predicted octanol–water partition coefficient (Wildman–Crippen LogP) is 6.59. The number of halogens is 2. The molecular formula is C30H30Cl2N2O5. The zero-order valence-electron chi connectivity index (χ0n) is 21.7. The summed E-state index contributed by atoms with van der Waals surface area (Å²) in [5, 5.41) is 20.4. The minimum atomic E-state index is -0.984. The number of aliphatic carboxylic acids is 1. The molecule has 2 amide bonds. The van der Waals surface area contributed by atoms with E-state index in [4.69, 9.17) is 28.3 Å². The van der Waals surface area contributed by atoms with Gasteiger partial charge >= 0.3 is 5.97 Å². The van der Waals surface area contributed by atoms with Gasteiger partial charge in [0.25, 0.3) is 11.8 Å². The summed E-state index contributed by atoms with van der Waals surface area (Å²) in [6.07, 6.45) is -0.0239. The van der Waals surface area contributed by atoms with Crippen molar-refractivity contribution in [3.63, 3.8) is 0 Å². The summed E-state index contributed by atoms with van der Waals surface area (Å²) in [5.41, 5.74) is 2.65. The molecule has 0 unspecified atom stereocenters. The van der Waals surface area contributed by atoms with Gasteiger partial charge in [0.15, 0.2) is 0 Å². The fraction of sp³-hybridized carbons (Fsp3) is 0.300. The van der Waals surface area contributed by atoms with E-state index in [9.17, 15) is 19.5 Å². The van der Waals surface area contributed by atoms with Gasteiger partial charge in [0.2, 0.25) is 0 Å². The summed E-state index contributed by atoms with van der Waals surface area (Å²) < 4.78 is 0. The molecule has 0 fully saturated rings. The summed E-state index contributed by atoms with van der Waals surface area (Å²) in [5.74, 6) is -1.59. The molecule has 0 saturated heterocycles. The number of carbonyl (C=O) groups excluding carboxylic acids is 2. The number of carboxylic acid groups (broad SMARTS) is 1. The first-order chi connectivity index (χ1) is 18.6. The van der Waals surface area contributed by atoms with Gasteiger partial charge in [-0.2, -0.15) is 0 Å². The van der Waals surface area contributed by atoms with Crippen molar-refractivity contribution in [3.8, 4) is 0 Å². The van der Waals surface area contributed by atoms with Gasteiger partial charge in [0.05, 0.1) is 23.4 Å². The zero-order valence-corrected chi connectivity index (χ0v) is 23.2. The highest BCUT2D eigenvalue weighted by Crippen LogP contribution is 2.41. The van der Waals surface area contributed by atoms with E-state index in [1.54, 1.807) is 71.3 Å². The third-order valence-corrected chi connectivity index (χ3v) is 7.52. The number of hydrogen-bond donors (Lipinski definition) is 2. The maximum atomic E-state index is 14.4. The highest BCUT2D eigenvalue weighted by molar-refractivity contribution is 6.30. The van der Waals surface area contributed by atoms with E-state index in [1.165, 1.54) is 0 Å². The quantitative estimate of drug-likeness (QED) is 0.283. The molecule has 9 heteroatoms. The number of hydrogen-bond acceptors (Lipinski definition) is 4. The Labute approximate surface area is 237 Å². The van der Waals surface area contributed by atoms with Crippen molar-refractivity contribution in [3.05, 3.63) is 99.0 Å². The average Bonchev–Trinajstić information content (AvgIpc) is 2.99. The normalized spacial score (nSPS) is 17.0. The molecule has 3 aromatic rings. The summed E-state index contributed by atoms with van der Waals surface area (Å²) in [6, 6.07) is 17.5. The van der Waals surface area contributed by atoms with Crippen LogP contribution in [0.2, 0.25) is 10.0 Å². The van der Waals surface area contributed by atoms with E-state index in [1.807, 2.05) is 19.1 Å². The van der Waals surface area contributed by atoms with Crippen LogP contribution in [0.15, 0.2) is 66.7 Å². The lowest BCUT2D eigenvalue weighted by Crippen LogP contribution is -2.44. The molecule has 204 valence electrons. The molecule has 4 rings (SSSR count). The number of amides is 2. The minimum Gasteiger partial charge on any atom is -0.481 e. The molecule has 3 aromatic carbocycles. The van der Waals surface area contributed by atoms with E-state index in [0.717, 1.165) is 5.56 Å². The van der Waals surface area contributed by atoms with Crippen LogP contribution in [-0.4, -0.2) is 39.4 Å². The second kappa shape index (κ2) is 12.2. The van der Waals surface area contributed by atoms with Crippen LogP contribution in [0.3, 0.4) is 0 Å². The predicted molar refractivity (Wildman–Crippen MR) is 151 cm³/mol. The van der Waals surface area contributed by atoms with E-state index in [-0.39, 0.29) is 30.3 Å². The van der Waals surface area contributed by atoms with E-state index in [0.29, 0.717) is 39.7 Å². The third kappa shape index (κ3) is 6.27. The molecular weight excluding hydrogens is 539 g/mol. The number of carboxylic acids is 1. The van der Waals surface area contributed by atoms with Crippen LogP contribution in [0.5, 0.6) is 0 Å². The third-order valence-electron chi connectivity index (χ3n) is 7.01. The lowest BCUT2D eigenvalue weighted by Gasteiger charge is -2.36. The Morgan fingerprint density at radius 1 is 0.897 bits per heavy atom. The van der Waals surface area contributed by atoms with Gasteiger partial charge in [-0.05, 0) is 79.8 Å². The Morgan fingerprint density at radius 2 is 1.49 bits per heavy atom. The highest BCUT2D eigenvalue weighted by atomic mass is 35.5. The van der Waals surface area contributed by atoms with Crippen LogP contribution >= 0.6 is 23.2 Å². The van der Waals surface area contributed by atoms with Gasteiger partial charge in [-0.3, -0.25) is 14.4 Å². The first-order valence-electron chi connectivity index (χ1n) is 12.8. The van der Waals surface area contributed by atoms with Crippen LogP contribution in [-0.2, 0) is 9.59 Å². The standard InChI is InChI=1S/C30H30Cl2N2O5/c1-18(20-6-11-23(31)12-7-20)34-28(21-8-13-24(32)14-9-21)30(39)33(16-4-3-5-27(36)37)26-15-10-22(19(2)35)17-25(26)29(34)38/h6-15,17-19,28,35H,3-5,16H2,1-2H3,(H,36,37)/t18-,19-,28+/m1/s1. The molecule has 0 bridgehead atoms. The summed E-state index contributed by atoms with van der Waals surface area (Å²) >= 11 is 12.3. The Hall–Kier alpha value is -3.39. The topological polar surface area (TPSA) is 98.2 Å². The molecule has 1 heterocycles. The molecule has 0 aromatic heterocycles. The van der Waals surface area contributed by atoms with E-state index < -0.39 is 24.2 Å². The van der Waals surface area contributed by atoms with Crippen molar-refractivity contribution >= 4 is 46.7 Å². The number of aliphatic hydroxyl groups is 1. The maximum Gasteiger partial charge on any atom is 0.303 e. The Bertz CT molecular complexity index is 1360. The number of benzene rings is 3. The SMILES string of the molecule is C[C@H](c1ccc(Cl)cc1)N1C(=O)c2cc([C@@H](C)O)ccc2N(CCCCC(=O)O)C(=O)[C@@H]1c1ccc(Cl)cc1. The number of unbranched alkanes of at least 4 members (excludes halogenated alkanes) is 1. The van der Waals surface area contributed by atoms with Crippen molar-refractivity contribution in [2.75, 3.05) is 11.4 Å². The summed E-state index contributed by atoms with van der Waals surface area (Å²) in [7, 11) is 0. The minimum absolute atomic E-state index is 0.0187. The Kier molecular flexibility index (Phi) is 8.95. The zero-order chi connectivity index (χ0) is 28.3. The molecule has 2 N–H and O–H groups in total. The molecule has 0 saturated carbocycles. The monoisotopic (exact) mass is 568 g/mol. The van der Waals surface area contributed by atoms with Gasteiger partial charge in [-0.15, -0.1) is 0 Å². The van der Waals surface area contributed by atoms with Crippen molar-refractivity contribution in [1.82, 2.24) is 4.90 Å². The van der Waals surface area contributed by atoms with Crippen molar-refractivity contribution < 1.29 is 24.6 Å². The molecule has 0 spiro atoms. The number of rotatable bonds is 9. The van der Waals surface area contributed by atoms with Crippen molar-refractivity contribution in [2.45, 2.75) is 51.3 Å². The maximum absolute atomic E-state index is 14.4. The number of anilines is 1. The van der Waals surface area contributed by atoms with Gasteiger partial charge in [0.1, 0.15) is 6.04 Å². The fourth-order valence-electron chi connectivity index (χ4n) is 4.89. The van der Waals surface area contributed by atoms with Crippen molar-refractivity contribution in [1.29, 1.82) is 0 Å². The van der Waals surface area contributed by atoms with Crippen LogP contribution in [0.25, 0.3) is 0 Å². The number of nitrogens with zero attached hydrogens (tertiary/aromatic N) is 2. The van der Waals surface area contributed by atoms with Gasteiger partial charge in [-0.1, -0.05) is 53.5 Å². The highest BCUT2D eigenvalue weighted by Gasteiger charge is 2.43. The second-order valence-corrected chi connectivity index (χ2v) is 10.6. The van der Waals surface area contributed by atoms with Crippen LogP contribution in [0, 0.1) is 0 Å². The Balaban J connectivity index is 1.89. The Morgan fingerprint density at radius 3 is 2.08 bits per heavy atom. The lowest BCUT2D eigenvalue weighted by molar-refractivity contribution is -0.137. The summed E-state index contributed by atoms with van der Waals surface area (Å²) in [4.78, 5) is 43.0. The summed E-state index contributed by atoms with van der Waals surface area (Å²) in [6.45, 7) is 3.70. The molecule has 0 radical (unpaired) electrons. The fourth-order valence-corrected chi connectivity index (χ4v) is 5.14. The first-order valence-corrected chi connectivity index (χ1v) is 13.5. The number of fused-ring (bicyclic) bond motifs is 1. The van der Waals surface area contributed by atoms with Gasteiger partial charge in [0, 0.05) is 23.0 Å². The molecule has 1 aliphatic heterocycles. The van der Waals surface area contributed by atoms with E-state index in [2.05, 4.69) is 0 Å². The van der Waals surface area contributed by atoms with Crippen LogP contribution < -0.4 is 4.90 Å². The average molecular weight is 569 g/mol. The largest absolute Gasteiger partial charge is 0.481 e. The first kappa shape index (κ1) is 28.6. The van der Waals surface area contributed by atoms with Crippen LogP contribution in [0.1, 0.15) is 78.3 Å². The molecule has 39 heavy (non-hydrogen) atoms. The molecule has 0 aliphatic carbocycles. The number of carbonyl (C=O) groups is 3. The molecule has 7 nitrogen and oxygen atoms in total. The van der Waals surface area contributed by atoms with Crippen molar-refractivity contribution in [2.24, 2.45) is 0 Å². The van der Waals surface area contributed by atoms with Gasteiger partial charge < -0.3 is 20.0 Å². The second-order valence-electron chi connectivity index (χ2n) is 9.69. The van der Waals surface area contributed by atoms with Gasteiger partial charge in [-0.25, -0.2) is 0 Å². The number of aliphatic hydroxyl groups excluding tert-OH is 1. The van der Waals surface area contributed by atoms with Crippen LogP contribution in [0.4, 0.5) is 5.69 Å². The lowest BCUT2D eigenvalue weighted by atomic mass is 9.98. The molecule has 3 atom stereocenters. The van der Waals surface area contributed by atoms with E-state index >= 15 is 0 Å². The molecule has 1 aliphatic rings.